The van der Waals surface area contributed by atoms with Gasteiger partial charge in [-0.05, 0) is 63.9 Å². The average molecular weight is 502 g/mol. The highest BCUT2D eigenvalue weighted by Crippen LogP contribution is 2.34. The van der Waals surface area contributed by atoms with E-state index >= 15 is 0 Å². The van der Waals surface area contributed by atoms with Gasteiger partial charge < -0.3 is 23.9 Å². The standard InChI is InChI=1S/C27H27N5O5/c1-16-29-23-24(30-16)31-26(36-21-14-18(15-28)9-11-20(21)34-5)32-25(23)35-19-8-6-7-17(13-19)10-12-22(33)37-27(2,3)4/h6-9,11,13-14H,10,12H2,1-5H3,(H,29,30,31,32). The Labute approximate surface area is 214 Å². The summed E-state index contributed by atoms with van der Waals surface area (Å²) in [4.78, 5) is 28.4. The maximum Gasteiger partial charge on any atom is 0.327 e. The molecule has 0 amide bonds. The number of aromatic nitrogens is 4. The topological polar surface area (TPSA) is 132 Å². The van der Waals surface area contributed by atoms with Gasteiger partial charge in [-0.2, -0.15) is 15.2 Å². The van der Waals surface area contributed by atoms with Crippen molar-refractivity contribution in [3.63, 3.8) is 0 Å². The second kappa shape index (κ2) is 10.5. The number of aryl methyl sites for hydroxylation is 2. The van der Waals surface area contributed by atoms with E-state index in [0.29, 0.717) is 40.5 Å². The smallest absolute Gasteiger partial charge is 0.327 e. The summed E-state index contributed by atoms with van der Waals surface area (Å²) in [6.07, 6.45) is 0.748. The molecule has 4 rings (SSSR count). The van der Waals surface area contributed by atoms with Crippen LogP contribution in [0.25, 0.3) is 11.2 Å². The molecule has 0 aliphatic heterocycles. The lowest BCUT2D eigenvalue weighted by atomic mass is 10.1. The number of aromatic amines is 1. The molecule has 0 radical (unpaired) electrons. The third-order valence-electron chi connectivity index (χ3n) is 5.06. The maximum absolute atomic E-state index is 12.1. The number of benzene rings is 2. The number of nitrogens with zero attached hydrogens (tertiary/aromatic N) is 4. The van der Waals surface area contributed by atoms with Crippen LogP contribution in [-0.4, -0.2) is 38.6 Å². The van der Waals surface area contributed by atoms with Crippen molar-refractivity contribution < 1.29 is 23.7 Å². The Kier molecular flexibility index (Phi) is 7.25. The number of fused-ring (bicyclic) bond motifs is 1. The van der Waals surface area contributed by atoms with Crippen LogP contribution >= 0.6 is 0 Å². The fraction of sp³-hybridized carbons (Fsp3) is 0.296. The van der Waals surface area contributed by atoms with Crippen molar-refractivity contribution in [2.45, 2.75) is 46.1 Å². The molecule has 10 heteroatoms. The highest BCUT2D eigenvalue weighted by Gasteiger charge is 2.18. The average Bonchev–Trinajstić information content (AvgIpc) is 3.22. The number of imidazole rings is 1. The zero-order valence-corrected chi connectivity index (χ0v) is 21.3. The summed E-state index contributed by atoms with van der Waals surface area (Å²) >= 11 is 0. The van der Waals surface area contributed by atoms with Crippen molar-refractivity contribution in [1.82, 2.24) is 19.9 Å². The molecule has 0 aliphatic rings. The van der Waals surface area contributed by atoms with Crippen LogP contribution < -0.4 is 14.2 Å². The molecule has 37 heavy (non-hydrogen) atoms. The number of methoxy groups -OCH3 is 1. The number of esters is 1. The summed E-state index contributed by atoms with van der Waals surface area (Å²) in [5.74, 6) is 1.79. The van der Waals surface area contributed by atoms with Gasteiger partial charge in [-0.25, -0.2) is 4.98 Å². The summed E-state index contributed by atoms with van der Waals surface area (Å²) < 4.78 is 22.7. The van der Waals surface area contributed by atoms with Crippen molar-refractivity contribution in [3.05, 3.63) is 59.4 Å². The molecule has 0 atom stereocenters. The van der Waals surface area contributed by atoms with Crippen LogP contribution in [0.3, 0.4) is 0 Å². The van der Waals surface area contributed by atoms with Crippen molar-refractivity contribution in [3.8, 4) is 35.2 Å². The zero-order chi connectivity index (χ0) is 26.6. The molecule has 2 aromatic heterocycles. The summed E-state index contributed by atoms with van der Waals surface area (Å²) in [6.45, 7) is 7.32. The third-order valence-corrected chi connectivity index (χ3v) is 5.06. The number of rotatable bonds is 8. The largest absolute Gasteiger partial charge is 0.493 e. The first-order valence-corrected chi connectivity index (χ1v) is 11.6. The predicted octanol–water partition coefficient (Wildman–Crippen LogP) is 5.40. The van der Waals surface area contributed by atoms with Gasteiger partial charge in [0.25, 0.3) is 5.88 Å². The van der Waals surface area contributed by atoms with Crippen molar-refractivity contribution in [2.24, 2.45) is 0 Å². The summed E-state index contributed by atoms with van der Waals surface area (Å²) in [5.41, 5.74) is 1.63. The molecule has 2 aromatic carbocycles. The molecule has 0 unspecified atom stereocenters. The predicted molar refractivity (Wildman–Crippen MR) is 135 cm³/mol. The van der Waals surface area contributed by atoms with Crippen LogP contribution in [0, 0.1) is 18.3 Å². The molecule has 1 N–H and O–H groups in total. The molecule has 4 aromatic rings. The van der Waals surface area contributed by atoms with Crippen LogP contribution in [0.5, 0.6) is 29.1 Å². The number of nitrogens with one attached hydrogen (secondary N) is 1. The van der Waals surface area contributed by atoms with E-state index < -0.39 is 5.60 Å². The number of hydrogen-bond acceptors (Lipinski definition) is 9. The number of ether oxygens (including phenoxy) is 4. The molecule has 0 saturated heterocycles. The lowest BCUT2D eigenvalue weighted by Gasteiger charge is -2.19. The molecule has 0 bridgehead atoms. The molecule has 0 saturated carbocycles. The highest BCUT2D eigenvalue weighted by atomic mass is 16.6. The molecule has 0 fully saturated rings. The maximum atomic E-state index is 12.1. The van der Waals surface area contributed by atoms with Crippen molar-refractivity contribution in [1.29, 1.82) is 5.26 Å². The van der Waals surface area contributed by atoms with Gasteiger partial charge in [0.1, 0.15) is 22.7 Å². The lowest BCUT2D eigenvalue weighted by molar-refractivity contribution is -0.154. The molecular weight excluding hydrogens is 474 g/mol. The molecular formula is C27H27N5O5. The number of nitriles is 1. The second-order valence-electron chi connectivity index (χ2n) is 9.25. The fourth-order valence-electron chi connectivity index (χ4n) is 3.53. The van der Waals surface area contributed by atoms with Crippen molar-refractivity contribution >= 4 is 17.1 Å². The van der Waals surface area contributed by atoms with E-state index in [2.05, 4.69) is 26.0 Å². The molecule has 190 valence electrons. The fourth-order valence-corrected chi connectivity index (χ4v) is 3.53. The molecule has 2 heterocycles. The van der Waals surface area contributed by atoms with Gasteiger partial charge in [0.05, 0.1) is 18.7 Å². The first-order valence-electron chi connectivity index (χ1n) is 11.6. The number of carbonyl (C=O) groups is 1. The first kappa shape index (κ1) is 25.4. The monoisotopic (exact) mass is 501 g/mol. The van der Waals surface area contributed by atoms with E-state index in [4.69, 9.17) is 18.9 Å². The van der Waals surface area contributed by atoms with E-state index in [1.54, 1.807) is 25.1 Å². The van der Waals surface area contributed by atoms with Crippen LogP contribution in [-0.2, 0) is 16.0 Å². The first-order chi connectivity index (χ1) is 17.6. The number of carbonyl (C=O) groups excluding carboxylic acids is 1. The van der Waals surface area contributed by atoms with Crippen LogP contribution in [0.1, 0.15) is 44.1 Å². The normalized spacial score (nSPS) is 11.1. The Morgan fingerprint density at radius 3 is 2.59 bits per heavy atom. The van der Waals surface area contributed by atoms with Gasteiger partial charge in [0.2, 0.25) is 0 Å². The van der Waals surface area contributed by atoms with Gasteiger partial charge in [-0.15, -0.1) is 0 Å². The van der Waals surface area contributed by atoms with E-state index in [1.165, 1.54) is 13.2 Å². The Morgan fingerprint density at radius 1 is 1.05 bits per heavy atom. The minimum absolute atomic E-state index is 0.0246. The number of hydrogen-bond donors (Lipinski definition) is 1. The van der Waals surface area contributed by atoms with Crippen molar-refractivity contribution in [2.75, 3.05) is 7.11 Å². The van der Waals surface area contributed by atoms with Crippen LogP contribution in [0.4, 0.5) is 0 Å². The van der Waals surface area contributed by atoms with Gasteiger partial charge in [-0.3, -0.25) is 4.79 Å². The van der Waals surface area contributed by atoms with E-state index in [0.717, 1.165) is 5.56 Å². The molecule has 0 aliphatic carbocycles. The Hall–Kier alpha value is -4.65. The van der Waals surface area contributed by atoms with E-state index in [-0.39, 0.29) is 30.0 Å². The molecule has 10 nitrogen and oxygen atoms in total. The summed E-state index contributed by atoms with van der Waals surface area (Å²) in [6, 6.07) is 14.2. The van der Waals surface area contributed by atoms with Gasteiger partial charge in [0.15, 0.2) is 17.1 Å². The lowest BCUT2D eigenvalue weighted by Crippen LogP contribution is -2.24. The van der Waals surface area contributed by atoms with Crippen LogP contribution in [0.2, 0.25) is 0 Å². The quantitative estimate of drug-likeness (QED) is 0.315. The van der Waals surface area contributed by atoms with E-state index in [1.807, 2.05) is 39.0 Å². The minimum Gasteiger partial charge on any atom is -0.493 e. The Morgan fingerprint density at radius 2 is 1.86 bits per heavy atom. The highest BCUT2D eigenvalue weighted by molar-refractivity contribution is 5.77. The zero-order valence-electron chi connectivity index (χ0n) is 21.3. The van der Waals surface area contributed by atoms with Gasteiger partial charge in [-0.1, -0.05) is 12.1 Å². The SMILES string of the molecule is COc1ccc(C#N)cc1Oc1nc(Oc2cccc(CCC(=O)OC(C)(C)C)c2)c2[nH]c(C)nc2n1. The van der Waals surface area contributed by atoms with Gasteiger partial charge in [0, 0.05) is 12.5 Å². The summed E-state index contributed by atoms with van der Waals surface area (Å²) in [5, 5.41) is 9.25. The second-order valence-corrected chi connectivity index (χ2v) is 9.25. The van der Waals surface area contributed by atoms with Gasteiger partial charge >= 0.3 is 12.0 Å². The van der Waals surface area contributed by atoms with Crippen LogP contribution in [0.15, 0.2) is 42.5 Å². The van der Waals surface area contributed by atoms with E-state index in [9.17, 15) is 10.1 Å². The Balaban J connectivity index is 1.60. The Bertz CT molecular complexity index is 1480. The third kappa shape index (κ3) is 6.52. The minimum atomic E-state index is -0.525. The summed E-state index contributed by atoms with van der Waals surface area (Å²) in [7, 11) is 1.50. The number of H-pyrrole nitrogens is 1. The molecule has 0 spiro atoms.